The molecule has 0 bridgehead atoms. The van der Waals surface area contributed by atoms with Crippen molar-refractivity contribution in [3.63, 3.8) is 0 Å². The summed E-state index contributed by atoms with van der Waals surface area (Å²) in [6.07, 6.45) is 0. The van der Waals surface area contributed by atoms with Crippen molar-refractivity contribution in [3.05, 3.63) is 59.7 Å². The first-order valence-corrected chi connectivity index (χ1v) is 8.31. The SMILES string of the molecule is Cc1c(-c2ccc(OCC(C)C)cc2)nc2ccccc2c1C(=O)[O-]. The van der Waals surface area contributed by atoms with Crippen LogP contribution in [0.25, 0.3) is 22.2 Å². The number of fused-ring (bicyclic) bond motifs is 1. The molecule has 0 amide bonds. The Bertz CT molecular complexity index is 914. The van der Waals surface area contributed by atoms with Crippen molar-refractivity contribution < 1.29 is 14.6 Å². The number of nitrogens with zero attached hydrogens (tertiary/aromatic N) is 1. The third-order valence-corrected chi connectivity index (χ3v) is 4.05. The number of aromatic nitrogens is 1. The molecule has 2 aromatic carbocycles. The lowest BCUT2D eigenvalue weighted by Gasteiger charge is -2.15. The first kappa shape index (κ1) is 17.0. The molecule has 4 nitrogen and oxygen atoms in total. The summed E-state index contributed by atoms with van der Waals surface area (Å²) in [6, 6.07) is 14.8. The minimum Gasteiger partial charge on any atom is -0.545 e. The highest BCUT2D eigenvalue weighted by atomic mass is 16.5. The predicted octanol–water partition coefficient (Wildman–Crippen LogP) is 3.61. The Balaban J connectivity index is 2.06. The van der Waals surface area contributed by atoms with Gasteiger partial charge in [0.1, 0.15) is 5.75 Å². The summed E-state index contributed by atoms with van der Waals surface area (Å²) in [7, 11) is 0. The molecule has 1 heterocycles. The molecule has 128 valence electrons. The summed E-state index contributed by atoms with van der Waals surface area (Å²) in [4.78, 5) is 16.3. The first-order chi connectivity index (χ1) is 12.0. The van der Waals surface area contributed by atoms with Gasteiger partial charge < -0.3 is 14.6 Å². The molecule has 0 fully saturated rings. The van der Waals surface area contributed by atoms with E-state index in [1.807, 2.05) is 36.4 Å². The second kappa shape index (κ2) is 6.93. The van der Waals surface area contributed by atoms with Gasteiger partial charge in [0.25, 0.3) is 0 Å². The standard InChI is InChI=1S/C21H21NO3/c1-13(2)12-25-16-10-8-15(9-11-16)20-14(3)19(21(23)24)17-6-4-5-7-18(17)22-20/h4-11,13H,12H2,1-3H3,(H,23,24)/p-1. The van der Waals surface area contributed by atoms with Crippen LogP contribution in [0.2, 0.25) is 0 Å². The minimum absolute atomic E-state index is 0.195. The smallest absolute Gasteiger partial charge is 0.119 e. The second-order valence-corrected chi connectivity index (χ2v) is 6.49. The predicted molar refractivity (Wildman–Crippen MR) is 96.6 cm³/mol. The minimum atomic E-state index is -1.19. The van der Waals surface area contributed by atoms with Gasteiger partial charge in [-0.2, -0.15) is 0 Å². The van der Waals surface area contributed by atoms with Crippen LogP contribution < -0.4 is 9.84 Å². The number of aromatic carboxylic acids is 1. The quantitative estimate of drug-likeness (QED) is 0.715. The van der Waals surface area contributed by atoms with Crippen LogP contribution in [0.5, 0.6) is 5.75 Å². The summed E-state index contributed by atoms with van der Waals surface area (Å²) in [5.41, 5.74) is 2.94. The van der Waals surface area contributed by atoms with Crippen molar-refractivity contribution in [1.82, 2.24) is 4.98 Å². The third-order valence-electron chi connectivity index (χ3n) is 4.05. The number of hydrogen-bond donors (Lipinski definition) is 0. The van der Waals surface area contributed by atoms with Gasteiger partial charge in [0, 0.05) is 16.5 Å². The van der Waals surface area contributed by atoms with Gasteiger partial charge >= 0.3 is 0 Å². The molecule has 0 saturated carbocycles. The molecule has 4 heteroatoms. The second-order valence-electron chi connectivity index (χ2n) is 6.49. The van der Waals surface area contributed by atoms with Gasteiger partial charge in [-0.1, -0.05) is 32.0 Å². The van der Waals surface area contributed by atoms with E-state index in [0.717, 1.165) is 11.3 Å². The van der Waals surface area contributed by atoms with E-state index < -0.39 is 5.97 Å². The number of para-hydroxylation sites is 1. The molecule has 0 aliphatic carbocycles. The lowest BCUT2D eigenvalue weighted by molar-refractivity contribution is -0.254. The van der Waals surface area contributed by atoms with Crippen LogP contribution in [0.15, 0.2) is 48.5 Å². The fraction of sp³-hybridized carbons (Fsp3) is 0.238. The van der Waals surface area contributed by atoms with Crippen LogP contribution in [-0.4, -0.2) is 17.6 Å². The Morgan fingerprint density at radius 2 is 1.80 bits per heavy atom. The van der Waals surface area contributed by atoms with Crippen LogP contribution in [0, 0.1) is 12.8 Å². The van der Waals surface area contributed by atoms with E-state index in [2.05, 4.69) is 18.8 Å². The Kier molecular flexibility index (Phi) is 4.70. The number of benzene rings is 2. The summed E-state index contributed by atoms with van der Waals surface area (Å²) in [6.45, 7) is 6.61. The number of ether oxygens (including phenoxy) is 1. The molecule has 0 radical (unpaired) electrons. The number of hydrogen-bond acceptors (Lipinski definition) is 4. The van der Waals surface area contributed by atoms with Crippen molar-refractivity contribution in [2.75, 3.05) is 6.61 Å². The fourth-order valence-electron chi connectivity index (χ4n) is 2.82. The third kappa shape index (κ3) is 3.48. The number of pyridine rings is 1. The van der Waals surface area contributed by atoms with Crippen LogP contribution in [0.3, 0.4) is 0 Å². The van der Waals surface area contributed by atoms with Gasteiger partial charge in [0.05, 0.1) is 23.8 Å². The molecular formula is C21H20NO3-. The average molecular weight is 334 g/mol. The summed E-state index contributed by atoms with van der Waals surface area (Å²) >= 11 is 0. The molecule has 0 aliphatic heterocycles. The highest BCUT2D eigenvalue weighted by Crippen LogP contribution is 2.30. The number of rotatable bonds is 5. The van der Waals surface area contributed by atoms with Gasteiger partial charge in [0.15, 0.2) is 0 Å². The van der Waals surface area contributed by atoms with E-state index in [4.69, 9.17) is 4.74 Å². The largest absolute Gasteiger partial charge is 0.545 e. The van der Waals surface area contributed by atoms with Crippen molar-refractivity contribution in [3.8, 4) is 17.0 Å². The maximum atomic E-state index is 11.7. The molecule has 1 aromatic heterocycles. The highest BCUT2D eigenvalue weighted by Gasteiger charge is 2.14. The van der Waals surface area contributed by atoms with Crippen LogP contribution in [-0.2, 0) is 0 Å². The van der Waals surface area contributed by atoms with Crippen molar-refractivity contribution in [2.24, 2.45) is 5.92 Å². The zero-order valence-corrected chi connectivity index (χ0v) is 14.6. The van der Waals surface area contributed by atoms with E-state index >= 15 is 0 Å². The molecule has 0 saturated heterocycles. The number of carboxylic acid groups (broad SMARTS) is 1. The summed E-state index contributed by atoms with van der Waals surface area (Å²) in [5.74, 6) is 0.0555. The van der Waals surface area contributed by atoms with Gasteiger partial charge in [0.2, 0.25) is 0 Å². The summed E-state index contributed by atoms with van der Waals surface area (Å²) in [5, 5.41) is 12.3. The topological polar surface area (TPSA) is 62.2 Å². The van der Waals surface area contributed by atoms with Crippen LogP contribution in [0.4, 0.5) is 0 Å². The Hall–Kier alpha value is -2.88. The Labute approximate surface area is 147 Å². The average Bonchev–Trinajstić information content (AvgIpc) is 2.59. The maximum Gasteiger partial charge on any atom is 0.119 e. The number of carbonyl (C=O) groups is 1. The van der Waals surface area contributed by atoms with Gasteiger partial charge in [-0.3, -0.25) is 0 Å². The fourth-order valence-corrected chi connectivity index (χ4v) is 2.82. The number of carbonyl (C=O) groups excluding carboxylic acids is 1. The molecule has 3 aromatic rings. The van der Waals surface area contributed by atoms with Crippen molar-refractivity contribution in [2.45, 2.75) is 20.8 Å². The van der Waals surface area contributed by atoms with Gasteiger partial charge in [-0.25, -0.2) is 4.98 Å². The monoisotopic (exact) mass is 334 g/mol. The maximum absolute atomic E-state index is 11.7. The molecular weight excluding hydrogens is 314 g/mol. The Morgan fingerprint density at radius 3 is 2.44 bits per heavy atom. The molecule has 0 N–H and O–H groups in total. The lowest BCUT2D eigenvalue weighted by atomic mass is 9.98. The number of carboxylic acids is 1. The van der Waals surface area contributed by atoms with Crippen molar-refractivity contribution >= 4 is 16.9 Å². The normalized spacial score (nSPS) is 11.0. The zero-order valence-electron chi connectivity index (χ0n) is 14.6. The molecule has 0 aliphatic rings. The highest BCUT2D eigenvalue weighted by molar-refractivity contribution is 6.04. The molecule has 0 atom stereocenters. The van der Waals surface area contributed by atoms with Crippen LogP contribution >= 0.6 is 0 Å². The van der Waals surface area contributed by atoms with E-state index in [0.29, 0.717) is 34.7 Å². The molecule has 25 heavy (non-hydrogen) atoms. The van der Waals surface area contributed by atoms with E-state index in [1.165, 1.54) is 0 Å². The Morgan fingerprint density at radius 1 is 1.12 bits per heavy atom. The molecule has 0 unspecified atom stereocenters. The van der Waals surface area contributed by atoms with Gasteiger partial charge in [-0.15, -0.1) is 0 Å². The molecule has 3 rings (SSSR count). The summed E-state index contributed by atoms with van der Waals surface area (Å²) < 4.78 is 5.70. The van der Waals surface area contributed by atoms with Crippen LogP contribution in [0.1, 0.15) is 29.8 Å². The van der Waals surface area contributed by atoms with Crippen molar-refractivity contribution in [1.29, 1.82) is 0 Å². The molecule has 0 spiro atoms. The first-order valence-electron chi connectivity index (χ1n) is 8.31. The lowest BCUT2D eigenvalue weighted by Crippen LogP contribution is -2.24. The van der Waals surface area contributed by atoms with Gasteiger partial charge in [-0.05, 0) is 48.7 Å². The van der Waals surface area contributed by atoms with E-state index in [-0.39, 0.29) is 5.56 Å². The van der Waals surface area contributed by atoms with E-state index in [9.17, 15) is 9.90 Å². The zero-order chi connectivity index (χ0) is 18.0. The van der Waals surface area contributed by atoms with E-state index in [1.54, 1.807) is 19.1 Å².